The van der Waals surface area contributed by atoms with Crippen molar-refractivity contribution in [2.24, 2.45) is 13.0 Å². The molecule has 2 aromatic carbocycles. The predicted octanol–water partition coefficient (Wildman–Crippen LogP) is 3.03. The Bertz CT molecular complexity index is 1420. The van der Waals surface area contributed by atoms with Crippen molar-refractivity contribution in [1.29, 1.82) is 0 Å². The molecule has 0 radical (unpaired) electrons. The van der Waals surface area contributed by atoms with Crippen molar-refractivity contribution in [3.05, 3.63) is 65.1 Å². The highest BCUT2D eigenvalue weighted by Crippen LogP contribution is 2.27. The van der Waals surface area contributed by atoms with Crippen molar-refractivity contribution < 1.29 is 51.3 Å². The second kappa shape index (κ2) is 12.3. The van der Waals surface area contributed by atoms with Crippen molar-refractivity contribution in [2.75, 3.05) is 6.61 Å². The Kier molecular flexibility index (Phi) is 9.35. The van der Waals surface area contributed by atoms with E-state index in [9.17, 15) is 46.5 Å². The van der Waals surface area contributed by atoms with Crippen LogP contribution in [0.2, 0.25) is 0 Å². The first-order valence-electron chi connectivity index (χ1n) is 11.9. The maximum absolute atomic E-state index is 13.9. The van der Waals surface area contributed by atoms with Gasteiger partial charge in [0.15, 0.2) is 17.4 Å². The number of nitrogens with zero attached hydrogens (tertiary/aromatic N) is 1. The molecule has 0 fully saturated rings. The largest absolute Gasteiger partial charge is 0.485 e. The van der Waals surface area contributed by atoms with E-state index in [2.05, 4.69) is 10.6 Å². The number of aliphatic hydroxyl groups excluding tert-OH is 1. The molecule has 4 N–H and O–H groups in total. The SMILES string of the molecule is CC(C)[C@H](NC(=O)c1cc2cc(F)ccc2n1C)C(=O)NC(CC(=O)O)C(O)COc1c(F)c(F)cc(F)c1F. The highest BCUT2D eigenvalue weighted by Gasteiger charge is 2.32. The minimum Gasteiger partial charge on any atom is -0.485 e. The molecular weight excluding hydrogens is 545 g/mol. The zero-order valence-corrected chi connectivity index (χ0v) is 21.5. The lowest BCUT2D eigenvalue weighted by Crippen LogP contribution is -2.55. The summed E-state index contributed by atoms with van der Waals surface area (Å²) in [5.74, 6) is -12.9. The Labute approximate surface area is 224 Å². The van der Waals surface area contributed by atoms with Gasteiger partial charge in [-0.25, -0.2) is 13.2 Å². The topological polar surface area (TPSA) is 130 Å². The first-order chi connectivity index (χ1) is 18.7. The molecule has 3 aromatic rings. The summed E-state index contributed by atoms with van der Waals surface area (Å²) < 4.78 is 74.4. The Morgan fingerprint density at radius 1 is 0.975 bits per heavy atom. The number of carboxylic acid groups (broad SMARTS) is 1. The van der Waals surface area contributed by atoms with Crippen LogP contribution in [0.1, 0.15) is 30.8 Å². The normalized spacial score (nSPS) is 13.7. The number of carbonyl (C=O) groups is 3. The number of halogens is 5. The molecule has 2 unspecified atom stereocenters. The molecule has 0 saturated carbocycles. The molecule has 0 bridgehead atoms. The first kappa shape index (κ1) is 30.3. The number of benzene rings is 2. The average Bonchev–Trinajstić information content (AvgIpc) is 3.20. The summed E-state index contributed by atoms with van der Waals surface area (Å²) >= 11 is 0. The molecule has 14 heteroatoms. The number of amides is 2. The number of fused-ring (bicyclic) bond motifs is 1. The van der Waals surface area contributed by atoms with Crippen molar-refractivity contribution in [3.8, 4) is 5.75 Å². The van der Waals surface area contributed by atoms with Gasteiger partial charge in [-0.3, -0.25) is 14.4 Å². The monoisotopic (exact) mass is 571 g/mol. The standard InChI is InChI=1S/C26H26F5N3O6/c1-11(2)23(33-25(38)18-7-12-6-13(27)4-5-17(12)34(18)3)26(39)32-16(9-20(36)37)19(35)10-40-24-21(30)14(28)8-15(29)22(24)31/h4-8,11,16,19,23,35H,9-10H2,1-3H3,(H,32,39)(H,33,38)(H,36,37)/t16?,19?,23-/m0/s1. The lowest BCUT2D eigenvalue weighted by Gasteiger charge is -2.27. The van der Waals surface area contributed by atoms with Gasteiger partial charge >= 0.3 is 5.97 Å². The minimum atomic E-state index is -1.92. The van der Waals surface area contributed by atoms with Crippen LogP contribution in [-0.2, 0) is 16.6 Å². The van der Waals surface area contributed by atoms with Crippen LogP contribution in [0.15, 0.2) is 30.3 Å². The van der Waals surface area contributed by atoms with E-state index in [-0.39, 0.29) is 11.8 Å². The smallest absolute Gasteiger partial charge is 0.305 e. The van der Waals surface area contributed by atoms with E-state index in [1.54, 1.807) is 20.9 Å². The van der Waals surface area contributed by atoms with E-state index in [0.717, 1.165) is 0 Å². The van der Waals surface area contributed by atoms with Gasteiger partial charge in [-0.2, -0.15) is 8.78 Å². The number of aromatic nitrogens is 1. The van der Waals surface area contributed by atoms with Gasteiger partial charge in [0.2, 0.25) is 17.5 Å². The minimum absolute atomic E-state index is 0.0435. The molecule has 1 heterocycles. The van der Waals surface area contributed by atoms with E-state index >= 15 is 0 Å². The van der Waals surface area contributed by atoms with Gasteiger partial charge in [0.05, 0.1) is 12.5 Å². The first-order valence-corrected chi connectivity index (χ1v) is 11.9. The van der Waals surface area contributed by atoms with E-state index in [1.165, 1.54) is 28.8 Å². The highest BCUT2D eigenvalue weighted by molar-refractivity contribution is 6.00. The van der Waals surface area contributed by atoms with E-state index < -0.39 is 89.8 Å². The van der Waals surface area contributed by atoms with Crippen molar-refractivity contribution >= 4 is 28.7 Å². The number of aryl methyl sites for hydroxylation is 1. The number of hydrogen-bond donors (Lipinski definition) is 4. The lowest BCUT2D eigenvalue weighted by atomic mass is 10.0. The van der Waals surface area contributed by atoms with E-state index in [0.29, 0.717) is 10.9 Å². The molecule has 0 aliphatic carbocycles. The second-order valence-electron chi connectivity index (χ2n) is 9.38. The molecule has 9 nitrogen and oxygen atoms in total. The molecule has 0 aliphatic heterocycles. The predicted molar refractivity (Wildman–Crippen MR) is 131 cm³/mol. The van der Waals surface area contributed by atoms with Gasteiger partial charge in [0, 0.05) is 24.0 Å². The number of nitrogens with one attached hydrogen (secondary N) is 2. The number of aliphatic hydroxyl groups is 1. The quantitative estimate of drug-likeness (QED) is 0.207. The Morgan fingerprint density at radius 2 is 1.60 bits per heavy atom. The molecule has 40 heavy (non-hydrogen) atoms. The van der Waals surface area contributed by atoms with E-state index in [1.807, 2.05) is 0 Å². The molecule has 216 valence electrons. The zero-order valence-electron chi connectivity index (χ0n) is 21.5. The lowest BCUT2D eigenvalue weighted by molar-refractivity contribution is -0.139. The fourth-order valence-corrected chi connectivity index (χ4v) is 4.00. The maximum atomic E-state index is 13.9. The maximum Gasteiger partial charge on any atom is 0.305 e. The van der Waals surface area contributed by atoms with Crippen LogP contribution in [0.4, 0.5) is 22.0 Å². The van der Waals surface area contributed by atoms with Crippen molar-refractivity contribution in [1.82, 2.24) is 15.2 Å². The molecule has 1 aromatic heterocycles. The molecule has 0 saturated heterocycles. The van der Waals surface area contributed by atoms with Gasteiger partial charge in [0.25, 0.3) is 5.91 Å². The van der Waals surface area contributed by atoms with Gasteiger partial charge in [-0.1, -0.05) is 13.8 Å². The van der Waals surface area contributed by atoms with Gasteiger partial charge in [-0.05, 0) is 30.2 Å². The van der Waals surface area contributed by atoms with Crippen molar-refractivity contribution in [3.63, 3.8) is 0 Å². The van der Waals surface area contributed by atoms with Crippen LogP contribution in [0.25, 0.3) is 10.9 Å². The van der Waals surface area contributed by atoms with Gasteiger partial charge in [0.1, 0.15) is 30.3 Å². The van der Waals surface area contributed by atoms with Crippen LogP contribution in [0.3, 0.4) is 0 Å². The molecule has 3 atom stereocenters. The summed E-state index contributed by atoms with van der Waals surface area (Å²) in [5, 5.41) is 24.9. The zero-order chi connectivity index (χ0) is 29.9. The van der Waals surface area contributed by atoms with Crippen LogP contribution in [0, 0.1) is 35.0 Å². The fraction of sp³-hybridized carbons (Fsp3) is 0.346. The summed E-state index contributed by atoms with van der Waals surface area (Å²) in [7, 11) is 1.56. The van der Waals surface area contributed by atoms with Crippen LogP contribution in [0.5, 0.6) is 5.75 Å². The van der Waals surface area contributed by atoms with E-state index in [4.69, 9.17) is 4.74 Å². The third-order valence-electron chi connectivity index (χ3n) is 6.13. The number of aliphatic carboxylic acids is 1. The Morgan fingerprint density at radius 3 is 2.17 bits per heavy atom. The average molecular weight is 571 g/mol. The summed E-state index contributed by atoms with van der Waals surface area (Å²) in [6.07, 6.45) is -2.80. The number of carboxylic acids is 1. The van der Waals surface area contributed by atoms with Crippen LogP contribution >= 0.6 is 0 Å². The molecule has 2 amide bonds. The molecular formula is C26H26F5N3O6. The number of ether oxygens (including phenoxy) is 1. The molecule has 0 aliphatic rings. The second-order valence-corrected chi connectivity index (χ2v) is 9.38. The molecule has 0 spiro atoms. The van der Waals surface area contributed by atoms with Crippen LogP contribution in [-0.4, -0.2) is 57.4 Å². The van der Waals surface area contributed by atoms with Crippen LogP contribution < -0.4 is 15.4 Å². The summed E-state index contributed by atoms with van der Waals surface area (Å²) in [4.78, 5) is 37.4. The summed E-state index contributed by atoms with van der Waals surface area (Å²) in [6.45, 7) is 2.11. The van der Waals surface area contributed by atoms with Gasteiger partial charge < -0.3 is 30.2 Å². The van der Waals surface area contributed by atoms with Crippen molar-refractivity contribution in [2.45, 2.75) is 38.5 Å². The Balaban J connectivity index is 1.76. The third-order valence-corrected chi connectivity index (χ3v) is 6.13. The number of rotatable bonds is 11. The number of hydrogen-bond acceptors (Lipinski definition) is 5. The third kappa shape index (κ3) is 6.68. The van der Waals surface area contributed by atoms with Gasteiger partial charge in [-0.15, -0.1) is 0 Å². The summed E-state index contributed by atoms with van der Waals surface area (Å²) in [6, 6.07) is 2.45. The highest BCUT2D eigenvalue weighted by atomic mass is 19.2. The Hall–Kier alpha value is -4.20. The fourth-order valence-electron chi connectivity index (χ4n) is 4.00. The molecule has 3 rings (SSSR count). The number of carbonyl (C=O) groups excluding carboxylic acids is 2. The summed E-state index contributed by atoms with van der Waals surface area (Å²) in [5.41, 5.74) is 0.647.